The summed E-state index contributed by atoms with van der Waals surface area (Å²) in [4.78, 5) is 24.0. The van der Waals surface area contributed by atoms with E-state index in [1.807, 2.05) is 37.9 Å². The second kappa shape index (κ2) is 8.70. The molecule has 1 amide bonds. The lowest BCUT2D eigenvalue weighted by Crippen LogP contribution is -2.38. The van der Waals surface area contributed by atoms with E-state index in [0.29, 0.717) is 23.3 Å². The van der Waals surface area contributed by atoms with Crippen molar-refractivity contribution >= 4 is 34.3 Å². The van der Waals surface area contributed by atoms with E-state index in [0.717, 1.165) is 35.7 Å². The summed E-state index contributed by atoms with van der Waals surface area (Å²) in [7, 11) is 1.85. The third-order valence-electron chi connectivity index (χ3n) is 5.00. The van der Waals surface area contributed by atoms with Gasteiger partial charge in [0, 0.05) is 31.9 Å². The molecule has 4 rings (SSSR count). The van der Waals surface area contributed by atoms with Gasteiger partial charge in [-0.2, -0.15) is 5.10 Å². The van der Waals surface area contributed by atoms with Crippen molar-refractivity contribution in [1.82, 2.24) is 34.8 Å². The fraction of sp³-hybridized carbons (Fsp3) is 0.400. The van der Waals surface area contributed by atoms with Crippen molar-refractivity contribution in [2.75, 3.05) is 11.9 Å². The van der Waals surface area contributed by atoms with Crippen LogP contribution in [-0.2, 0) is 11.8 Å². The van der Waals surface area contributed by atoms with Gasteiger partial charge in [0.1, 0.15) is 16.6 Å². The molecule has 3 aromatic rings. The first kappa shape index (κ1) is 20.1. The number of carbonyl (C=O) groups excluding carboxylic acids is 1. The van der Waals surface area contributed by atoms with Gasteiger partial charge in [-0.25, -0.2) is 9.97 Å². The van der Waals surface area contributed by atoms with Crippen molar-refractivity contribution in [2.45, 2.75) is 39.2 Å². The molecule has 0 spiro atoms. The number of carbonyl (C=O) groups is 1. The van der Waals surface area contributed by atoms with Gasteiger partial charge in [0.2, 0.25) is 11.0 Å². The highest BCUT2D eigenvalue weighted by Gasteiger charge is 2.28. The maximum absolute atomic E-state index is 13.0. The lowest BCUT2D eigenvalue weighted by atomic mass is 9.98. The molecule has 0 bridgehead atoms. The van der Waals surface area contributed by atoms with Gasteiger partial charge < -0.3 is 10.2 Å². The van der Waals surface area contributed by atoms with Crippen molar-refractivity contribution in [3.8, 4) is 0 Å². The molecule has 0 aromatic carbocycles. The van der Waals surface area contributed by atoms with E-state index < -0.39 is 0 Å². The molecule has 1 saturated heterocycles. The number of likely N-dealkylation sites (tertiary alicyclic amines) is 1. The number of hydrogen-bond donors (Lipinski definition) is 1. The molecule has 0 saturated carbocycles. The largest absolute Gasteiger partial charge is 0.331 e. The van der Waals surface area contributed by atoms with Crippen molar-refractivity contribution in [1.29, 1.82) is 0 Å². The third-order valence-corrected chi connectivity index (χ3v) is 5.76. The smallest absolute Gasteiger partial charge is 0.247 e. The van der Waals surface area contributed by atoms with Crippen LogP contribution in [0.4, 0.5) is 10.9 Å². The average Bonchev–Trinajstić information content (AvgIpc) is 3.33. The molecule has 0 aliphatic carbocycles. The van der Waals surface area contributed by atoms with Gasteiger partial charge in [0.05, 0.1) is 17.4 Å². The quantitative estimate of drug-likeness (QED) is 0.628. The lowest BCUT2D eigenvalue weighted by Gasteiger charge is -2.35. The van der Waals surface area contributed by atoms with Gasteiger partial charge in [-0.15, -0.1) is 10.2 Å². The SMILES string of the molecule is Cc1nc(Nc2nnc(C)s2)cc([C@H]2CCCCN2C(=O)/C=C/c2ccnn2C)n1. The minimum atomic E-state index is -0.0826. The van der Waals surface area contributed by atoms with Crippen molar-refractivity contribution in [2.24, 2.45) is 7.05 Å². The average molecular weight is 425 g/mol. The first-order valence-corrected chi connectivity index (χ1v) is 10.7. The molecule has 9 nitrogen and oxygen atoms in total. The maximum Gasteiger partial charge on any atom is 0.247 e. The highest BCUT2D eigenvalue weighted by Crippen LogP contribution is 2.31. The first-order chi connectivity index (χ1) is 14.5. The van der Waals surface area contributed by atoms with Crippen LogP contribution >= 0.6 is 11.3 Å². The second-order valence-electron chi connectivity index (χ2n) is 7.23. The number of hydrogen-bond acceptors (Lipinski definition) is 8. The summed E-state index contributed by atoms with van der Waals surface area (Å²) in [5.74, 6) is 1.29. The number of rotatable bonds is 5. The molecule has 0 unspecified atom stereocenters. The van der Waals surface area contributed by atoms with Crippen molar-refractivity contribution in [3.05, 3.63) is 46.6 Å². The van der Waals surface area contributed by atoms with Gasteiger partial charge in [-0.3, -0.25) is 9.48 Å². The normalized spacial score (nSPS) is 16.9. The van der Waals surface area contributed by atoms with E-state index in [9.17, 15) is 4.79 Å². The summed E-state index contributed by atoms with van der Waals surface area (Å²) in [6, 6.07) is 3.70. The minimum Gasteiger partial charge on any atom is -0.331 e. The van der Waals surface area contributed by atoms with Crippen LogP contribution in [0.1, 0.15) is 47.5 Å². The molecule has 1 fully saturated rings. The van der Waals surface area contributed by atoms with Gasteiger partial charge in [0.15, 0.2) is 0 Å². The van der Waals surface area contributed by atoms with E-state index >= 15 is 0 Å². The summed E-state index contributed by atoms with van der Waals surface area (Å²) in [5, 5.41) is 17.0. The predicted octanol–water partition coefficient (Wildman–Crippen LogP) is 3.19. The molecule has 1 N–H and O–H groups in total. The summed E-state index contributed by atoms with van der Waals surface area (Å²) in [5.41, 5.74) is 1.72. The van der Waals surface area contributed by atoms with Crippen LogP contribution in [0.3, 0.4) is 0 Å². The Labute approximate surface area is 178 Å². The Morgan fingerprint density at radius 3 is 2.87 bits per heavy atom. The molecule has 10 heteroatoms. The van der Waals surface area contributed by atoms with Gasteiger partial charge >= 0.3 is 0 Å². The Morgan fingerprint density at radius 2 is 2.13 bits per heavy atom. The molecule has 3 aromatic heterocycles. The summed E-state index contributed by atoms with van der Waals surface area (Å²) >= 11 is 1.47. The topological polar surface area (TPSA) is 102 Å². The Balaban J connectivity index is 1.56. The van der Waals surface area contributed by atoms with E-state index in [1.54, 1.807) is 23.0 Å². The summed E-state index contributed by atoms with van der Waals surface area (Å²) in [6.45, 7) is 4.47. The molecule has 1 aliphatic heterocycles. The minimum absolute atomic E-state index is 0.0218. The van der Waals surface area contributed by atoms with E-state index in [1.165, 1.54) is 11.3 Å². The third kappa shape index (κ3) is 4.54. The van der Waals surface area contributed by atoms with Crippen LogP contribution in [0.5, 0.6) is 0 Å². The van der Waals surface area contributed by atoms with E-state index in [4.69, 9.17) is 0 Å². The van der Waals surface area contributed by atoms with Crippen LogP contribution in [0, 0.1) is 13.8 Å². The number of aryl methyl sites for hydroxylation is 3. The highest BCUT2D eigenvalue weighted by molar-refractivity contribution is 7.15. The molecule has 1 atom stereocenters. The monoisotopic (exact) mass is 424 g/mol. The lowest BCUT2D eigenvalue weighted by molar-refractivity contribution is -0.129. The standard InChI is InChI=1S/C20H24N8OS/c1-13-22-16(12-18(23-13)24-20-26-25-14(2)30-20)17-6-4-5-11-28(17)19(29)8-7-15-9-10-21-27(15)3/h7-10,12,17H,4-6,11H2,1-3H3,(H,22,23,24,26)/b8-7+/t17-/m1/s1. The predicted molar refractivity (Wildman–Crippen MR) is 115 cm³/mol. The molecule has 1 aliphatic rings. The zero-order valence-electron chi connectivity index (χ0n) is 17.2. The Kier molecular flexibility index (Phi) is 5.84. The Morgan fingerprint density at radius 1 is 1.27 bits per heavy atom. The molecule has 0 radical (unpaired) electrons. The number of nitrogens with zero attached hydrogens (tertiary/aromatic N) is 7. The number of anilines is 2. The van der Waals surface area contributed by atoms with Crippen LogP contribution in [0.2, 0.25) is 0 Å². The van der Waals surface area contributed by atoms with E-state index in [2.05, 4.69) is 30.6 Å². The first-order valence-electron chi connectivity index (χ1n) is 9.89. The highest BCUT2D eigenvalue weighted by atomic mass is 32.1. The van der Waals surface area contributed by atoms with Crippen LogP contribution < -0.4 is 5.32 Å². The fourth-order valence-corrected chi connectivity index (χ4v) is 4.18. The van der Waals surface area contributed by atoms with Crippen molar-refractivity contribution in [3.63, 3.8) is 0 Å². The fourth-order valence-electron chi connectivity index (χ4n) is 3.59. The van der Waals surface area contributed by atoms with Gasteiger partial charge in [0.25, 0.3) is 0 Å². The molecule has 156 valence electrons. The summed E-state index contributed by atoms with van der Waals surface area (Å²) in [6.07, 6.45) is 8.05. The summed E-state index contributed by atoms with van der Waals surface area (Å²) < 4.78 is 1.73. The zero-order valence-corrected chi connectivity index (χ0v) is 18.1. The molecule has 30 heavy (non-hydrogen) atoms. The van der Waals surface area contributed by atoms with Crippen molar-refractivity contribution < 1.29 is 4.79 Å². The number of aromatic nitrogens is 6. The van der Waals surface area contributed by atoms with Gasteiger partial charge in [-0.05, 0) is 45.3 Å². The van der Waals surface area contributed by atoms with Crippen LogP contribution in [0.25, 0.3) is 6.08 Å². The van der Waals surface area contributed by atoms with Gasteiger partial charge in [-0.1, -0.05) is 11.3 Å². The maximum atomic E-state index is 13.0. The number of nitrogens with one attached hydrogen (secondary N) is 1. The Hall–Kier alpha value is -3.14. The second-order valence-corrected chi connectivity index (χ2v) is 8.41. The zero-order chi connectivity index (χ0) is 21.1. The van der Waals surface area contributed by atoms with E-state index in [-0.39, 0.29) is 11.9 Å². The molecule has 4 heterocycles. The number of amides is 1. The van der Waals surface area contributed by atoms with Crippen LogP contribution in [-0.4, -0.2) is 47.3 Å². The van der Waals surface area contributed by atoms with Crippen LogP contribution in [0.15, 0.2) is 24.4 Å². The molecular weight excluding hydrogens is 400 g/mol. The Bertz CT molecular complexity index is 1070. The number of piperidine rings is 1. The molecular formula is C20H24N8OS.